The SMILES string of the molecule is O=C(NCc1ccccn1)c1c[nH]c2nc(-c3cn[nH]c3)ccc12. The molecule has 118 valence electrons. The first-order valence-corrected chi connectivity index (χ1v) is 7.46. The molecule has 0 aliphatic rings. The molecule has 0 aliphatic heterocycles. The molecule has 7 nitrogen and oxygen atoms in total. The molecule has 4 rings (SSSR count). The highest BCUT2D eigenvalue weighted by atomic mass is 16.1. The lowest BCUT2D eigenvalue weighted by Crippen LogP contribution is -2.22. The van der Waals surface area contributed by atoms with Crippen LogP contribution in [0.4, 0.5) is 0 Å². The first-order chi connectivity index (χ1) is 11.8. The molecule has 24 heavy (non-hydrogen) atoms. The summed E-state index contributed by atoms with van der Waals surface area (Å²) in [4.78, 5) is 24.2. The van der Waals surface area contributed by atoms with Crippen LogP contribution in [0.5, 0.6) is 0 Å². The molecular formula is C17H14N6O. The molecule has 1 amide bonds. The van der Waals surface area contributed by atoms with Crippen molar-refractivity contribution in [3.63, 3.8) is 0 Å². The lowest BCUT2D eigenvalue weighted by molar-refractivity contribution is 0.0952. The van der Waals surface area contributed by atoms with Crippen molar-refractivity contribution in [1.29, 1.82) is 0 Å². The Morgan fingerprint density at radius 3 is 2.92 bits per heavy atom. The summed E-state index contributed by atoms with van der Waals surface area (Å²) in [6, 6.07) is 9.36. The number of nitrogens with zero attached hydrogens (tertiary/aromatic N) is 3. The summed E-state index contributed by atoms with van der Waals surface area (Å²) in [6.45, 7) is 0.382. The lowest BCUT2D eigenvalue weighted by atomic mass is 10.1. The van der Waals surface area contributed by atoms with Crippen molar-refractivity contribution in [2.45, 2.75) is 6.54 Å². The van der Waals surface area contributed by atoms with E-state index in [0.717, 1.165) is 22.3 Å². The Hall–Kier alpha value is -3.48. The zero-order valence-corrected chi connectivity index (χ0v) is 12.7. The predicted octanol–water partition coefficient (Wildman–Crippen LogP) is 2.28. The molecule has 0 fully saturated rings. The smallest absolute Gasteiger partial charge is 0.253 e. The molecule has 0 atom stereocenters. The molecule has 3 N–H and O–H groups in total. The highest BCUT2D eigenvalue weighted by Gasteiger charge is 2.13. The van der Waals surface area contributed by atoms with Crippen LogP contribution in [0.1, 0.15) is 16.1 Å². The zero-order valence-electron chi connectivity index (χ0n) is 12.7. The van der Waals surface area contributed by atoms with E-state index in [1.807, 2.05) is 30.3 Å². The topological polar surface area (TPSA) is 99.3 Å². The Morgan fingerprint density at radius 2 is 2.12 bits per heavy atom. The van der Waals surface area contributed by atoms with Crippen LogP contribution in [0.25, 0.3) is 22.3 Å². The van der Waals surface area contributed by atoms with Gasteiger partial charge >= 0.3 is 0 Å². The van der Waals surface area contributed by atoms with Crippen LogP contribution < -0.4 is 5.32 Å². The molecule has 0 aromatic carbocycles. The van der Waals surface area contributed by atoms with Gasteiger partial charge in [-0.05, 0) is 24.3 Å². The second-order valence-electron chi connectivity index (χ2n) is 5.29. The number of H-pyrrole nitrogens is 2. The van der Waals surface area contributed by atoms with Crippen LogP contribution in [0.15, 0.2) is 55.1 Å². The highest BCUT2D eigenvalue weighted by molar-refractivity contribution is 6.06. The average Bonchev–Trinajstić information content (AvgIpc) is 3.29. The van der Waals surface area contributed by atoms with Crippen molar-refractivity contribution in [1.82, 2.24) is 30.5 Å². The number of carbonyl (C=O) groups excluding carboxylic acids is 1. The van der Waals surface area contributed by atoms with Crippen LogP contribution in [-0.4, -0.2) is 31.1 Å². The van der Waals surface area contributed by atoms with Crippen molar-refractivity contribution < 1.29 is 4.79 Å². The first kappa shape index (κ1) is 14.1. The van der Waals surface area contributed by atoms with Gasteiger partial charge in [0.05, 0.1) is 29.7 Å². The van der Waals surface area contributed by atoms with E-state index in [1.165, 1.54) is 0 Å². The van der Waals surface area contributed by atoms with E-state index in [-0.39, 0.29) is 5.91 Å². The fraction of sp³-hybridized carbons (Fsp3) is 0.0588. The molecule has 0 unspecified atom stereocenters. The number of amides is 1. The quantitative estimate of drug-likeness (QED) is 0.537. The number of rotatable bonds is 4. The van der Waals surface area contributed by atoms with Gasteiger partial charge in [0.15, 0.2) is 0 Å². The summed E-state index contributed by atoms with van der Waals surface area (Å²) in [6.07, 6.45) is 6.86. The summed E-state index contributed by atoms with van der Waals surface area (Å²) >= 11 is 0. The Bertz CT molecular complexity index is 975. The van der Waals surface area contributed by atoms with Crippen LogP contribution in [-0.2, 0) is 6.54 Å². The van der Waals surface area contributed by atoms with Crippen molar-refractivity contribution in [3.8, 4) is 11.3 Å². The molecule has 0 aliphatic carbocycles. The first-order valence-electron chi connectivity index (χ1n) is 7.46. The number of hydrogen-bond donors (Lipinski definition) is 3. The van der Waals surface area contributed by atoms with Gasteiger partial charge < -0.3 is 10.3 Å². The van der Waals surface area contributed by atoms with Crippen LogP contribution in [0, 0.1) is 0 Å². The molecule has 0 saturated heterocycles. The monoisotopic (exact) mass is 318 g/mol. The molecule has 4 aromatic heterocycles. The molecule has 7 heteroatoms. The van der Waals surface area contributed by atoms with Gasteiger partial charge in [-0.15, -0.1) is 0 Å². The average molecular weight is 318 g/mol. The van der Waals surface area contributed by atoms with E-state index in [0.29, 0.717) is 17.8 Å². The fourth-order valence-corrected chi connectivity index (χ4v) is 2.51. The maximum Gasteiger partial charge on any atom is 0.253 e. The van der Waals surface area contributed by atoms with Crippen molar-refractivity contribution in [2.24, 2.45) is 0 Å². The van der Waals surface area contributed by atoms with Crippen LogP contribution in [0.2, 0.25) is 0 Å². The Labute approximate surface area is 137 Å². The van der Waals surface area contributed by atoms with E-state index < -0.39 is 0 Å². The third kappa shape index (κ3) is 2.63. The van der Waals surface area contributed by atoms with E-state index in [1.54, 1.807) is 24.8 Å². The molecule has 0 bridgehead atoms. The predicted molar refractivity (Wildman–Crippen MR) is 89.1 cm³/mol. The van der Waals surface area contributed by atoms with Gasteiger partial charge in [-0.3, -0.25) is 14.9 Å². The second kappa shape index (κ2) is 5.96. The molecule has 0 radical (unpaired) electrons. The third-order valence-electron chi connectivity index (χ3n) is 3.73. The van der Waals surface area contributed by atoms with E-state index in [4.69, 9.17) is 0 Å². The zero-order chi connectivity index (χ0) is 16.4. The molecule has 4 aromatic rings. The molecule has 0 saturated carbocycles. The maximum atomic E-state index is 12.4. The third-order valence-corrected chi connectivity index (χ3v) is 3.73. The second-order valence-corrected chi connectivity index (χ2v) is 5.29. The van der Waals surface area contributed by atoms with Crippen molar-refractivity contribution in [3.05, 3.63) is 66.4 Å². The number of pyridine rings is 2. The lowest BCUT2D eigenvalue weighted by Gasteiger charge is -2.04. The van der Waals surface area contributed by atoms with Crippen LogP contribution >= 0.6 is 0 Å². The van der Waals surface area contributed by atoms with Gasteiger partial charge in [0.1, 0.15) is 5.65 Å². The van der Waals surface area contributed by atoms with E-state index in [2.05, 4.69) is 30.5 Å². The number of nitrogens with one attached hydrogen (secondary N) is 3. The normalized spacial score (nSPS) is 10.8. The molecule has 4 heterocycles. The molecular weight excluding hydrogens is 304 g/mol. The Balaban J connectivity index is 1.57. The Morgan fingerprint density at radius 1 is 1.17 bits per heavy atom. The number of aromatic nitrogens is 5. The number of hydrogen-bond acceptors (Lipinski definition) is 4. The standard InChI is InChI=1S/C17H14N6O/c24-17(20-9-12-3-1-2-6-18-12)14-10-19-16-13(14)4-5-15(23-16)11-7-21-22-8-11/h1-8,10H,9H2,(H,19,23)(H,20,24)(H,21,22). The van der Waals surface area contributed by atoms with Gasteiger partial charge in [0.2, 0.25) is 0 Å². The minimum absolute atomic E-state index is 0.162. The van der Waals surface area contributed by atoms with Gasteiger partial charge in [-0.1, -0.05) is 6.07 Å². The Kier molecular flexibility index (Phi) is 3.51. The van der Waals surface area contributed by atoms with E-state index in [9.17, 15) is 4.79 Å². The summed E-state index contributed by atoms with van der Waals surface area (Å²) in [7, 11) is 0. The fourth-order valence-electron chi connectivity index (χ4n) is 2.51. The minimum atomic E-state index is -0.162. The summed E-state index contributed by atoms with van der Waals surface area (Å²) < 4.78 is 0. The van der Waals surface area contributed by atoms with Crippen LogP contribution in [0.3, 0.4) is 0 Å². The summed E-state index contributed by atoms with van der Waals surface area (Å²) in [5.74, 6) is -0.162. The van der Waals surface area contributed by atoms with E-state index >= 15 is 0 Å². The summed E-state index contributed by atoms with van der Waals surface area (Å²) in [5, 5.41) is 10.3. The number of fused-ring (bicyclic) bond motifs is 1. The van der Waals surface area contributed by atoms with Gasteiger partial charge in [-0.2, -0.15) is 5.10 Å². The highest BCUT2D eigenvalue weighted by Crippen LogP contribution is 2.22. The summed E-state index contributed by atoms with van der Waals surface area (Å²) in [5.41, 5.74) is 3.72. The van der Waals surface area contributed by atoms with Gasteiger partial charge in [0.25, 0.3) is 5.91 Å². The maximum absolute atomic E-state index is 12.4. The van der Waals surface area contributed by atoms with Crippen molar-refractivity contribution in [2.75, 3.05) is 0 Å². The molecule has 0 spiro atoms. The minimum Gasteiger partial charge on any atom is -0.346 e. The number of aromatic amines is 2. The van der Waals surface area contributed by atoms with Gasteiger partial charge in [-0.25, -0.2) is 4.98 Å². The van der Waals surface area contributed by atoms with Gasteiger partial charge in [0, 0.05) is 29.5 Å². The largest absolute Gasteiger partial charge is 0.346 e. The number of carbonyl (C=O) groups is 1. The van der Waals surface area contributed by atoms with Crippen molar-refractivity contribution >= 4 is 16.9 Å².